The molecule has 24 heteroatoms. The maximum Gasteiger partial charge on any atom is 0.336 e. The van der Waals surface area contributed by atoms with Crippen molar-refractivity contribution in [3.63, 3.8) is 0 Å². The molecule has 0 amide bonds. The normalized spacial score (nSPS) is 52.9. The second kappa shape index (κ2) is 27.3. The molecule has 0 aromatic carbocycles. The third kappa shape index (κ3) is 12.1. The fraction of sp³-hybridized carbons (Fsp3) is 0.957. The van der Waals surface area contributed by atoms with Gasteiger partial charge in [0.25, 0.3) is 0 Å². The molecule has 23 nitrogen and oxygen atoms in total. The molecule has 16 bridgehead atoms. The number of esters is 2. The summed E-state index contributed by atoms with van der Waals surface area (Å²) in [7, 11) is 0. The second-order valence-corrected chi connectivity index (χ2v) is 34.1. The van der Waals surface area contributed by atoms with Crippen molar-refractivity contribution in [2.24, 2.45) is 94.7 Å². The Morgan fingerprint density at radius 2 is 0.436 bits per heavy atom. The molecule has 0 radical (unpaired) electrons. The summed E-state index contributed by atoms with van der Waals surface area (Å²) in [5.41, 5.74) is -2.73. The summed E-state index contributed by atoms with van der Waals surface area (Å²) >= 11 is 0. The van der Waals surface area contributed by atoms with E-state index in [1.54, 1.807) is 0 Å². The minimum atomic E-state index is -2.73. The Morgan fingerprint density at radius 1 is 0.266 bits per heavy atom. The fourth-order valence-electron chi connectivity index (χ4n) is 25.4. The van der Waals surface area contributed by atoms with Crippen LogP contribution < -0.4 is 85.1 Å². The van der Waals surface area contributed by atoms with Crippen molar-refractivity contribution in [3.8, 4) is 0 Å². The minimum absolute atomic E-state index is 0. The number of fused-ring (bicyclic) bond motifs is 40. The SMILES string of the molecule is O=C(CC(O)(CC(=O)OC1CCCC2C3NC4NC(NC5NC(NC6NC(NC(N3)C12)C1CCCCC61)C1CCCCC51)C1CCCCC41)C(=O)O)OC1CCCC2C3NC4NC(NC5NC(NC6NC(NC(N3)C12)C1CCCCC61)C1CCCCC51)C1CCCCC41.[Zn]. The number of aliphatic carboxylic acids is 1. The number of carboxylic acids is 1. The first-order chi connectivity index (χ1) is 45.5. The molecule has 8 saturated carbocycles. The van der Waals surface area contributed by atoms with E-state index in [1.807, 2.05) is 0 Å². The zero-order valence-electron chi connectivity index (χ0n) is 55.9. The van der Waals surface area contributed by atoms with Crippen LogP contribution in [-0.2, 0) is 43.3 Å². The molecule has 8 aliphatic carbocycles. The van der Waals surface area contributed by atoms with Gasteiger partial charge in [0.1, 0.15) is 12.2 Å². The molecule has 10 aliphatic heterocycles. The van der Waals surface area contributed by atoms with Gasteiger partial charge in [0.2, 0.25) is 0 Å². The number of carbonyl (C=O) groups excluding carboxylic acids is 2. The average Bonchev–Trinajstić information content (AvgIpc) is 1.62. The van der Waals surface area contributed by atoms with E-state index in [0.717, 1.165) is 38.5 Å². The van der Waals surface area contributed by atoms with Crippen LogP contribution in [0.25, 0.3) is 0 Å². The largest absolute Gasteiger partial charge is 0.479 e. The summed E-state index contributed by atoms with van der Waals surface area (Å²) in [5, 5.41) is 90.2. The van der Waals surface area contributed by atoms with Crippen LogP contribution in [0.15, 0.2) is 0 Å². The number of ether oxygens (including phenoxy) is 2. The van der Waals surface area contributed by atoms with Gasteiger partial charge in [0.15, 0.2) is 5.60 Å². The molecular weight excluding hydrogens is 1240 g/mol. The van der Waals surface area contributed by atoms with Crippen molar-refractivity contribution in [2.45, 2.75) is 322 Å². The van der Waals surface area contributed by atoms with E-state index in [0.29, 0.717) is 83.9 Å². The van der Waals surface area contributed by atoms with Crippen LogP contribution in [0.1, 0.15) is 205 Å². The molecule has 0 aromatic rings. The molecular formula is C70H116N16O7Zn. The van der Waals surface area contributed by atoms with Gasteiger partial charge in [-0.05, 0) is 198 Å². The topological polar surface area (TPSA) is 303 Å². The first-order valence-corrected chi connectivity index (χ1v) is 39.0. The number of rotatable bonds is 7. The van der Waals surface area contributed by atoms with Crippen LogP contribution in [0.2, 0.25) is 0 Å². The Balaban J connectivity index is 0.00000672. The Labute approximate surface area is 570 Å². The first kappa shape index (κ1) is 65.6. The second-order valence-electron chi connectivity index (χ2n) is 34.1. The smallest absolute Gasteiger partial charge is 0.336 e. The van der Waals surface area contributed by atoms with Gasteiger partial charge in [-0.2, -0.15) is 0 Å². The van der Waals surface area contributed by atoms with E-state index >= 15 is 0 Å². The standard InChI is InChI=1S/C70H116N16O7.Zn/c87-49(92-47-29-13-27-45-51(47)67-83-63-43-25-11-9-23-41(43)59(79-63)75-55-35-17-3-1-15-33(35)53(71-55)73-57-37-19-5-7-21-39(37)61(77-57)81-65(45)85-67)31-70(91,69(89)90)32-50(88)93-48-30-14-28-46-52(48)68-84-64-44-26-12-10-24-42(44)60(80-64)76-56-36-18-4-2-16-34(36)54(72-56)74-58-38-20-6-8-22-40(38)62(78-58)82-66(46)86-68;/h33-48,51-68,71-86,91H,1-32H2,(H,89,90);. The van der Waals surface area contributed by atoms with Crippen molar-refractivity contribution in [2.75, 3.05) is 0 Å². The Hall–Kier alpha value is -1.65. The van der Waals surface area contributed by atoms with Gasteiger partial charge < -0.3 is 19.7 Å². The zero-order valence-corrected chi connectivity index (χ0v) is 58.9. The molecule has 94 heavy (non-hydrogen) atoms. The van der Waals surface area contributed by atoms with E-state index < -0.39 is 48.6 Å². The molecule has 0 aromatic heterocycles. The predicted molar refractivity (Wildman–Crippen MR) is 347 cm³/mol. The summed E-state index contributed by atoms with van der Waals surface area (Å²) in [4.78, 5) is 42.8. The summed E-state index contributed by atoms with van der Waals surface area (Å²) in [6.07, 6.45) is 33.1. The Morgan fingerprint density at radius 3 is 0.628 bits per heavy atom. The third-order valence-electron chi connectivity index (χ3n) is 29.5. The van der Waals surface area contributed by atoms with Crippen molar-refractivity contribution < 1.29 is 53.5 Å². The molecule has 34 unspecified atom stereocenters. The van der Waals surface area contributed by atoms with Gasteiger partial charge in [-0.25, -0.2) is 4.79 Å². The van der Waals surface area contributed by atoms with Gasteiger partial charge in [0, 0.05) is 31.3 Å². The van der Waals surface area contributed by atoms with Crippen molar-refractivity contribution >= 4 is 17.9 Å². The molecule has 18 aliphatic rings. The monoisotopic (exact) mass is 1360 g/mol. The number of carboxylic acid groups (broad SMARTS) is 1. The molecule has 10 saturated heterocycles. The van der Waals surface area contributed by atoms with Crippen molar-refractivity contribution in [3.05, 3.63) is 0 Å². The zero-order chi connectivity index (χ0) is 62.2. The summed E-state index contributed by atoms with van der Waals surface area (Å²) in [5.74, 6) is 3.01. The van der Waals surface area contributed by atoms with Crippen LogP contribution in [0.3, 0.4) is 0 Å². The predicted octanol–water partition coefficient (Wildman–Crippen LogP) is 2.86. The van der Waals surface area contributed by atoms with Gasteiger partial charge in [-0.1, -0.05) is 77.0 Å². The van der Waals surface area contributed by atoms with Gasteiger partial charge >= 0.3 is 17.9 Å². The molecule has 18 fully saturated rings. The number of aliphatic hydroxyl groups is 1. The van der Waals surface area contributed by atoms with Crippen LogP contribution >= 0.6 is 0 Å². The molecule has 34 atom stereocenters. The third-order valence-corrected chi connectivity index (χ3v) is 29.5. The van der Waals surface area contributed by atoms with E-state index in [4.69, 9.17) is 9.47 Å². The molecule has 10 heterocycles. The molecule has 0 spiro atoms. The number of hydrogen-bond donors (Lipinski definition) is 18. The summed E-state index contributed by atoms with van der Waals surface area (Å²) < 4.78 is 13.2. The Bertz CT molecular complexity index is 2550. The number of nitrogens with one attached hydrogen (secondary N) is 16. The maximum atomic E-state index is 14.7. The molecule has 18 rings (SSSR count). The van der Waals surface area contributed by atoms with Crippen LogP contribution in [-0.4, -0.2) is 145 Å². The number of hydrogen-bond acceptors (Lipinski definition) is 22. The van der Waals surface area contributed by atoms with Crippen LogP contribution in [0.4, 0.5) is 0 Å². The van der Waals surface area contributed by atoms with Gasteiger partial charge in [-0.15, -0.1) is 0 Å². The van der Waals surface area contributed by atoms with Crippen LogP contribution in [0, 0.1) is 94.7 Å². The van der Waals surface area contributed by atoms with E-state index in [-0.39, 0.29) is 142 Å². The summed E-state index contributed by atoms with van der Waals surface area (Å²) in [6.45, 7) is 0. The minimum Gasteiger partial charge on any atom is -0.479 e. The van der Waals surface area contributed by atoms with Crippen molar-refractivity contribution in [1.82, 2.24) is 85.1 Å². The van der Waals surface area contributed by atoms with E-state index in [1.165, 1.54) is 141 Å². The van der Waals surface area contributed by atoms with Gasteiger partial charge in [0.05, 0.1) is 111 Å². The molecule has 520 valence electrons. The van der Waals surface area contributed by atoms with E-state index in [2.05, 4.69) is 85.1 Å². The number of carbonyl (C=O) groups is 3. The summed E-state index contributed by atoms with van der Waals surface area (Å²) in [6, 6.07) is 0. The van der Waals surface area contributed by atoms with Crippen LogP contribution in [0.5, 0.6) is 0 Å². The quantitative estimate of drug-likeness (QED) is 0.129. The van der Waals surface area contributed by atoms with E-state index in [9.17, 15) is 24.6 Å². The average molecular weight is 1360 g/mol. The van der Waals surface area contributed by atoms with Gasteiger partial charge in [-0.3, -0.25) is 94.7 Å². The molecule has 18 N–H and O–H groups in total. The van der Waals surface area contributed by atoms with Crippen molar-refractivity contribution in [1.29, 1.82) is 0 Å². The maximum absolute atomic E-state index is 14.7. The fourth-order valence-corrected chi connectivity index (χ4v) is 25.4. The Kier molecular flexibility index (Phi) is 19.0. The first-order valence-electron chi connectivity index (χ1n) is 39.0.